The number of oxazole rings is 1. The summed E-state index contributed by atoms with van der Waals surface area (Å²) >= 11 is 0. The van der Waals surface area contributed by atoms with Gasteiger partial charge in [0.15, 0.2) is 17.5 Å². The maximum atomic E-state index is 5.88. The Kier molecular flexibility index (Phi) is 7.95. The fourth-order valence-corrected chi connectivity index (χ4v) is 4.36. The molecule has 8 heteroatoms. The van der Waals surface area contributed by atoms with Gasteiger partial charge in [0.1, 0.15) is 19.0 Å². The highest BCUT2D eigenvalue weighted by Crippen LogP contribution is 2.43. The van der Waals surface area contributed by atoms with Crippen LogP contribution in [0.15, 0.2) is 33.8 Å². The van der Waals surface area contributed by atoms with Gasteiger partial charge in [-0.3, -0.25) is 4.99 Å². The fraction of sp³-hybridized carbons (Fsp3) is 0.583. The van der Waals surface area contributed by atoms with Gasteiger partial charge in [-0.2, -0.15) is 0 Å². The number of halogens is 1. The van der Waals surface area contributed by atoms with Crippen LogP contribution in [-0.4, -0.2) is 37.7 Å². The summed E-state index contributed by atoms with van der Waals surface area (Å²) in [5.41, 5.74) is 1.32. The number of ether oxygens (including phenoxy) is 2. The Balaban J connectivity index is 0.00000289. The number of hydrogen-bond acceptors (Lipinski definition) is 5. The first kappa shape index (κ1) is 24.7. The molecule has 2 heterocycles. The van der Waals surface area contributed by atoms with Crippen molar-refractivity contribution in [1.29, 1.82) is 0 Å². The Morgan fingerprint density at radius 3 is 2.47 bits per heavy atom. The molecule has 1 aliphatic carbocycles. The predicted molar refractivity (Wildman–Crippen MR) is 136 cm³/mol. The summed E-state index contributed by atoms with van der Waals surface area (Å²) in [4.78, 5) is 8.79. The molecule has 1 saturated carbocycles. The van der Waals surface area contributed by atoms with Crippen LogP contribution in [-0.2, 0) is 17.4 Å². The van der Waals surface area contributed by atoms with Crippen LogP contribution in [0.3, 0.4) is 0 Å². The van der Waals surface area contributed by atoms with Crippen LogP contribution in [0.25, 0.3) is 0 Å². The van der Waals surface area contributed by atoms with E-state index in [0.717, 1.165) is 42.6 Å². The van der Waals surface area contributed by atoms with Crippen molar-refractivity contribution >= 4 is 29.9 Å². The van der Waals surface area contributed by atoms with Gasteiger partial charge in [-0.15, -0.1) is 24.0 Å². The van der Waals surface area contributed by atoms with Crippen LogP contribution >= 0.6 is 24.0 Å². The first-order valence-corrected chi connectivity index (χ1v) is 11.2. The lowest BCUT2D eigenvalue weighted by Crippen LogP contribution is -2.44. The number of guanidine groups is 1. The number of benzene rings is 1. The molecule has 0 amide bonds. The zero-order valence-corrected chi connectivity index (χ0v) is 21.8. The van der Waals surface area contributed by atoms with Crippen LogP contribution in [0.5, 0.6) is 11.5 Å². The summed E-state index contributed by atoms with van der Waals surface area (Å²) < 4.78 is 17.4. The number of aliphatic imine (C=N–C) groups is 1. The van der Waals surface area contributed by atoms with Gasteiger partial charge < -0.3 is 24.5 Å². The van der Waals surface area contributed by atoms with E-state index in [1.54, 1.807) is 7.05 Å². The SMILES string of the molecule is CN=C(NCc1ncc(C(C)(C)C)o1)NCC1(c2ccc3c(c2)OCCO3)CCCC1.I. The van der Waals surface area contributed by atoms with E-state index in [-0.39, 0.29) is 34.8 Å². The number of nitrogens with one attached hydrogen (secondary N) is 2. The molecule has 1 aliphatic heterocycles. The van der Waals surface area contributed by atoms with Crippen LogP contribution in [0.1, 0.15) is 63.7 Å². The minimum Gasteiger partial charge on any atom is -0.486 e. The monoisotopic (exact) mass is 554 g/mol. The van der Waals surface area contributed by atoms with Crippen LogP contribution in [0, 0.1) is 0 Å². The van der Waals surface area contributed by atoms with Crippen molar-refractivity contribution in [2.45, 2.75) is 63.8 Å². The van der Waals surface area contributed by atoms with E-state index in [1.165, 1.54) is 18.4 Å². The topological polar surface area (TPSA) is 80.9 Å². The Labute approximate surface area is 207 Å². The first-order valence-electron chi connectivity index (χ1n) is 11.2. The quantitative estimate of drug-likeness (QED) is 0.321. The summed E-state index contributed by atoms with van der Waals surface area (Å²) in [6.45, 7) is 8.87. The van der Waals surface area contributed by atoms with Crippen molar-refractivity contribution in [3.05, 3.63) is 41.6 Å². The van der Waals surface area contributed by atoms with Gasteiger partial charge in [-0.1, -0.05) is 39.7 Å². The van der Waals surface area contributed by atoms with Crippen LogP contribution < -0.4 is 20.1 Å². The minimum atomic E-state index is -0.0519. The van der Waals surface area contributed by atoms with Crippen LogP contribution in [0.4, 0.5) is 0 Å². The van der Waals surface area contributed by atoms with E-state index < -0.39 is 0 Å². The molecule has 0 atom stereocenters. The van der Waals surface area contributed by atoms with E-state index in [1.807, 2.05) is 12.3 Å². The molecule has 1 aromatic heterocycles. The average molecular weight is 554 g/mol. The molecule has 2 aliphatic rings. The smallest absolute Gasteiger partial charge is 0.213 e. The van der Waals surface area contributed by atoms with Gasteiger partial charge in [0.2, 0.25) is 5.89 Å². The third-order valence-corrected chi connectivity index (χ3v) is 6.23. The predicted octanol–water partition coefficient (Wildman–Crippen LogP) is 4.54. The molecular formula is C24H35IN4O3. The maximum absolute atomic E-state index is 5.88. The molecule has 1 aromatic carbocycles. The largest absolute Gasteiger partial charge is 0.486 e. The number of hydrogen-bond donors (Lipinski definition) is 2. The number of rotatable bonds is 5. The molecule has 0 spiro atoms. The van der Waals surface area contributed by atoms with Crippen molar-refractivity contribution in [3.63, 3.8) is 0 Å². The number of nitrogens with zero attached hydrogens (tertiary/aromatic N) is 2. The van der Waals surface area contributed by atoms with E-state index >= 15 is 0 Å². The molecule has 0 radical (unpaired) electrons. The molecule has 32 heavy (non-hydrogen) atoms. The molecule has 2 N–H and O–H groups in total. The molecule has 4 rings (SSSR count). The average Bonchev–Trinajstić information content (AvgIpc) is 3.44. The van der Waals surface area contributed by atoms with Gasteiger partial charge in [-0.05, 0) is 30.5 Å². The molecule has 0 bridgehead atoms. The van der Waals surface area contributed by atoms with Crippen molar-refractivity contribution in [2.75, 3.05) is 26.8 Å². The fourth-order valence-electron chi connectivity index (χ4n) is 4.36. The molecule has 7 nitrogen and oxygen atoms in total. The summed E-state index contributed by atoms with van der Waals surface area (Å²) in [5, 5.41) is 6.87. The molecule has 1 fully saturated rings. The second-order valence-electron chi connectivity index (χ2n) is 9.49. The van der Waals surface area contributed by atoms with Gasteiger partial charge in [0, 0.05) is 24.4 Å². The zero-order valence-electron chi connectivity index (χ0n) is 19.5. The highest BCUT2D eigenvalue weighted by molar-refractivity contribution is 14.0. The standard InChI is InChI=1S/C24H34N4O3.HI/c1-23(2,3)20-14-26-21(31-20)15-27-22(25-4)28-16-24(9-5-6-10-24)17-7-8-18-19(13-17)30-12-11-29-18;/h7-8,13-14H,5-6,9-12,15-16H2,1-4H3,(H2,25,27,28);1H. The summed E-state index contributed by atoms with van der Waals surface area (Å²) in [5.74, 6) is 4.00. The second-order valence-corrected chi connectivity index (χ2v) is 9.49. The van der Waals surface area contributed by atoms with Crippen molar-refractivity contribution < 1.29 is 13.9 Å². The molecular weight excluding hydrogens is 519 g/mol. The molecule has 0 unspecified atom stereocenters. The van der Waals surface area contributed by atoms with Crippen molar-refractivity contribution in [2.24, 2.45) is 4.99 Å². The summed E-state index contributed by atoms with van der Waals surface area (Å²) in [6.07, 6.45) is 6.56. The Hall–Kier alpha value is -1.97. The highest BCUT2D eigenvalue weighted by atomic mass is 127. The highest BCUT2D eigenvalue weighted by Gasteiger charge is 2.36. The summed E-state index contributed by atoms with van der Waals surface area (Å²) in [7, 11) is 1.79. The number of fused-ring (bicyclic) bond motifs is 1. The first-order chi connectivity index (χ1) is 14.9. The van der Waals surface area contributed by atoms with E-state index in [2.05, 4.69) is 53.5 Å². The lowest BCUT2D eigenvalue weighted by molar-refractivity contribution is 0.171. The van der Waals surface area contributed by atoms with E-state index in [0.29, 0.717) is 25.6 Å². The Morgan fingerprint density at radius 1 is 1.09 bits per heavy atom. The number of aromatic nitrogens is 1. The second kappa shape index (κ2) is 10.3. The van der Waals surface area contributed by atoms with E-state index in [4.69, 9.17) is 13.9 Å². The Morgan fingerprint density at radius 2 is 1.81 bits per heavy atom. The van der Waals surface area contributed by atoms with Crippen molar-refractivity contribution in [3.8, 4) is 11.5 Å². The molecule has 176 valence electrons. The normalized spacial score (nSPS) is 17.6. The van der Waals surface area contributed by atoms with Gasteiger partial charge in [-0.25, -0.2) is 4.98 Å². The van der Waals surface area contributed by atoms with E-state index in [9.17, 15) is 0 Å². The van der Waals surface area contributed by atoms with Crippen LogP contribution in [0.2, 0.25) is 0 Å². The van der Waals surface area contributed by atoms with Gasteiger partial charge >= 0.3 is 0 Å². The zero-order chi connectivity index (χ0) is 21.9. The summed E-state index contributed by atoms with van der Waals surface area (Å²) in [6, 6.07) is 6.41. The van der Waals surface area contributed by atoms with Gasteiger partial charge in [0.25, 0.3) is 0 Å². The lowest BCUT2D eigenvalue weighted by atomic mass is 9.78. The van der Waals surface area contributed by atoms with Gasteiger partial charge in [0.05, 0.1) is 12.7 Å². The van der Waals surface area contributed by atoms with Crippen molar-refractivity contribution in [1.82, 2.24) is 15.6 Å². The molecule has 2 aromatic rings. The maximum Gasteiger partial charge on any atom is 0.213 e. The molecule has 0 saturated heterocycles. The lowest BCUT2D eigenvalue weighted by Gasteiger charge is -2.32. The Bertz CT molecular complexity index is 930. The minimum absolute atomic E-state index is 0. The third kappa shape index (κ3) is 5.50. The third-order valence-electron chi connectivity index (χ3n) is 6.23.